The first-order chi connectivity index (χ1) is 7.60. The molecular formula is C10H16N2O3S. The van der Waals surface area contributed by atoms with Gasteiger partial charge >= 0.3 is 5.97 Å². The Labute approximate surface area is 98.7 Å². The fraction of sp³-hybridized carbons (Fsp3) is 0.600. The monoisotopic (exact) mass is 244 g/mol. The van der Waals surface area contributed by atoms with Gasteiger partial charge in [-0.3, -0.25) is 0 Å². The van der Waals surface area contributed by atoms with Gasteiger partial charge in [0.2, 0.25) is 0 Å². The van der Waals surface area contributed by atoms with Crippen LogP contribution in [0.1, 0.15) is 24.3 Å². The third-order valence-corrected chi connectivity index (χ3v) is 3.12. The van der Waals surface area contributed by atoms with Crippen LogP contribution in [0, 0.1) is 0 Å². The molecule has 0 fully saturated rings. The fourth-order valence-corrected chi connectivity index (χ4v) is 2.43. The fourth-order valence-electron chi connectivity index (χ4n) is 1.46. The molecule has 16 heavy (non-hydrogen) atoms. The summed E-state index contributed by atoms with van der Waals surface area (Å²) in [4.78, 5) is 16.8. The molecule has 0 aromatic carbocycles. The summed E-state index contributed by atoms with van der Waals surface area (Å²) in [5.74, 6) is -0.988. The van der Waals surface area contributed by atoms with Crippen LogP contribution in [0.4, 0.5) is 5.13 Å². The number of rotatable bonds is 6. The van der Waals surface area contributed by atoms with Crippen molar-refractivity contribution in [2.45, 2.75) is 19.9 Å². The summed E-state index contributed by atoms with van der Waals surface area (Å²) in [7, 11) is 1.65. The summed E-state index contributed by atoms with van der Waals surface area (Å²) in [5, 5.41) is 11.1. The minimum absolute atomic E-state index is 0.100. The molecule has 0 saturated heterocycles. The number of anilines is 1. The number of carbonyl (C=O) groups is 1. The number of aromatic carboxylic acids is 1. The first-order valence-electron chi connectivity index (χ1n) is 5.04. The highest BCUT2D eigenvalue weighted by Gasteiger charge is 2.17. The molecule has 1 N–H and O–H groups in total. The van der Waals surface area contributed by atoms with Crippen molar-refractivity contribution >= 4 is 22.4 Å². The van der Waals surface area contributed by atoms with E-state index in [-0.39, 0.29) is 11.7 Å². The van der Waals surface area contributed by atoms with Crippen LogP contribution in [0.15, 0.2) is 5.38 Å². The van der Waals surface area contributed by atoms with E-state index in [1.54, 1.807) is 12.5 Å². The Kier molecular flexibility index (Phi) is 4.70. The number of carboxylic acid groups (broad SMARTS) is 1. The first-order valence-corrected chi connectivity index (χ1v) is 5.92. The van der Waals surface area contributed by atoms with Gasteiger partial charge in [-0.25, -0.2) is 9.78 Å². The Morgan fingerprint density at radius 2 is 2.44 bits per heavy atom. The summed E-state index contributed by atoms with van der Waals surface area (Å²) in [6, 6.07) is 0.183. The summed E-state index contributed by atoms with van der Waals surface area (Å²) >= 11 is 1.34. The van der Waals surface area contributed by atoms with Crippen LogP contribution in [0.3, 0.4) is 0 Å². The van der Waals surface area contributed by atoms with E-state index in [0.29, 0.717) is 6.61 Å². The Morgan fingerprint density at radius 3 is 2.88 bits per heavy atom. The number of likely N-dealkylation sites (N-methyl/N-ethyl adjacent to an activating group) is 1. The average molecular weight is 244 g/mol. The molecule has 1 rings (SSSR count). The van der Waals surface area contributed by atoms with Gasteiger partial charge in [0.05, 0.1) is 12.6 Å². The lowest BCUT2D eigenvalue weighted by Gasteiger charge is -2.26. The number of methoxy groups -OCH3 is 1. The maximum absolute atomic E-state index is 10.7. The third-order valence-electron chi connectivity index (χ3n) is 2.24. The molecule has 0 aliphatic carbocycles. The molecule has 6 heteroatoms. The highest BCUT2D eigenvalue weighted by Crippen LogP contribution is 2.22. The number of hydrogen-bond donors (Lipinski definition) is 1. The quantitative estimate of drug-likeness (QED) is 0.825. The smallest absolute Gasteiger partial charge is 0.355 e. The molecule has 0 aliphatic heterocycles. The van der Waals surface area contributed by atoms with Crippen LogP contribution in [-0.2, 0) is 4.74 Å². The zero-order valence-corrected chi connectivity index (χ0v) is 10.5. The molecule has 0 amide bonds. The number of hydrogen-bond acceptors (Lipinski definition) is 5. The molecule has 1 aromatic heterocycles. The number of ether oxygens (including phenoxy) is 1. The lowest BCUT2D eigenvalue weighted by molar-refractivity contribution is 0.0691. The second-order valence-corrected chi connectivity index (χ2v) is 4.25. The summed E-state index contributed by atoms with van der Waals surface area (Å²) in [6.07, 6.45) is 0. The zero-order valence-electron chi connectivity index (χ0n) is 9.64. The van der Waals surface area contributed by atoms with E-state index in [1.807, 2.05) is 18.7 Å². The van der Waals surface area contributed by atoms with Crippen LogP contribution in [-0.4, -0.2) is 42.4 Å². The number of thiazole rings is 1. The van der Waals surface area contributed by atoms with E-state index in [9.17, 15) is 4.79 Å². The van der Waals surface area contributed by atoms with Crippen molar-refractivity contribution in [3.63, 3.8) is 0 Å². The van der Waals surface area contributed by atoms with E-state index in [4.69, 9.17) is 9.84 Å². The average Bonchev–Trinajstić information content (AvgIpc) is 2.68. The highest BCUT2D eigenvalue weighted by atomic mass is 32.1. The number of aromatic nitrogens is 1. The SMILES string of the molecule is CCN(c1nc(C(=O)O)cs1)C(C)COC. The summed E-state index contributed by atoms with van der Waals surface area (Å²) < 4.78 is 5.08. The minimum Gasteiger partial charge on any atom is -0.476 e. The third kappa shape index (κ3) is 2.93. The van der Waals surface area contributed by atoms with Crippen molar-refractivity contribution in [1.82, 2.24) is 4.98 Å². The lowest BCUT2D eigenvalue weighted by atomic mass is 10.3. The van der Waals surface area contributed by atoms with Crippen molar-refractivity contribution in [3.05, 3.63) is 11.1 Å². The largest absolute Gasteiger partial charge is 0.476 e. The molecular weight excluding hydrogens is 228 g/mol. The van der Waals surface area contributed by atoms with E-state index in [0.717, 1.165) is 11.7 Å². The van der Waals surface area contributed by atoms with Crippen LogP contribution < -0.4 is 4.90 Å². The first kappa shape index (κ1) is 12.9. The van der Waals surface area contributed by atoms with Gasteiger partial charge in [-0.05, 0) is 13.8 Å². The van der Waals surface area contributed by atoms with E-state index < -0.39 is 5.97 Å². The van der Waals surface area contributed by atoms with Gasteiger partial charge in [-0.15, -0.1) is 11.3 Å². The van der Waals surface area contributed by atoms with Crippen molar-refractivity contribution in [2.75, 3.05) is 25.2 Å². The topological polar surface area (TPSA) is 62.7 Å². The maximum Gasteiger partial charge on any atom is 0.355 e. The van der Waals surface area contributed by atoms with Gasteiger partial charge in [-0.2, -0.15) is 0 Å². The molecule has 90 valence electrons. The lowest BCUT2D eigenvalue weighted by Crippen LogP contribution is -2.36. The van der Waals surface area contributed by atoms with Gasteiger partial charge in [0, 0.05) is 19.0 Å². The van der Waals surface area contributed by atoms with Crippen molar-refractivity contribution in [2.24, 2.45) is 0 Å². The predicted octanol–water partition coefficient (Wildman–Crippen LogP) is 1.70. The molecule has 1 atom stereocenters. The van der Waals surface area contributed by atoms with Gasteiger partial charge in [0.25, 0.3) is 0 Å². The molecule has 1 unspecified atom stereocenters. The van der Waals surface area contributed by atoms with Gasteiger partial charge in [-0.1, -0.05) is 0 Å². The number of carboxylic acids is 1. The van der Waals surface area contributed by atoms with Gasteiger partial charge in [0.1, 0.15) is 0 Å². The van der Waals surface area contributed by atoms with Crippen LogP contribution in [0.2, 0.25) is 0 Å². The van der Waals surface area contributed by atoms with Gasteiger partial charge in [0.15, 0.2) is 10.8 Å². The van der Waals surface area contributed by atoms with Crippen LogP contribution in [0.5, 0.6) is 0 Å². The molecule has 1 aromatic rings. The van der Waals surface area contributed by atoms with E-state index >= 15 is 0 Å². The molecule has 0 aliphatic rings. The van der Waals surface area contributed by atoms with E-state index in [1.165, 1.54) is 11.3 Å². The highest BCUT2D eigenvalue weighted by molar-refractivity contribution is 7.13. The van der Waals surface area contributed by atoms with Crippen LogP contribution >= 0.6 is 11.3 Å². The molecule has 0 bridgehead atoms. The standard InChI is InChI=1S/C10H16N2O3S/c1-4-12(7(2)5-15-3)10-11-8(6-16-10)9(13)14/h6-7H,4-5H2,1-3H3,(H,13,14). The Hall–Kier alpha value is -1.14. The summed E-state index contributed by atoms with van der Waals surface area (Å²) in [6.45, 7) is 5.40. The number of nitrogens with zero attached hydrogens (tertiary/aromatic N) is 2. The second-order valence-electron chi connectivity index (χ2n) is 3.41. The van der Waals surface area contributed by atoms with E-state index in [2.05, 4.69) is 4.98 Å². The minimum atomic E-state index is -0.988. The molecule has 0 spiro atoms. The summed E-state index contributed by atoms with van der Waals surface area (Å²) in [5.41, 5.74) is 0.100. The van der Waals surface area contributed by atoms with Gasteiger partial charge < -0.3 is 14.7 Å². The zero-order chi connectivity index (χ0) is 12.1. The van der Waals surface area contributed by atoms with Crippen molar-refractivity contribution in [3.8, 4) is 0 Å². The Morgan fingerprint density at radius 1 is 1.75 bits per heavy atom. The van der Waals surface area contributed by atoms with Crippen molar-refractivity contribution in [1.29, 1.82) is 0 Å². The Balaban J connectivity index is 2.82. The Bertz CT molecular complexity index is 354. The second kappa shape index (κ2) is 5.81. The maximum atomic E-state index is 10.7. The molecule has 1 heterocycles. The van der Waals surface area contributed by atoms with Crippen LogP contribution in [0.25, 0.3) is 0 Å². The predicted molar refractivity (Wildman–Crippen MR) is 63.4 cm³/mol. The normalized spacial score (nSPS) is 12.4. The molecule has 0 saturated carbocycles. The molecule has 5 nitrogen and oxygen atoms in total. The molecule has 0 radical (unpaired) electrons. The van der Waals surface area contributed by atoms with Crippen molar-refractivity contribution < 1.29 is 14.6 Å².